The van der Waals surface area contributed by atoms with Gasteiger partial charge in [0.1, 0.15) is 6.61 Å². The van der Waals surface area contributed by atoms with Crippen LogP contribution in [0.1, 0.15) is 29.2 Å². The average Bonchev–Trinajstić information content (AvgIpc) is 2.85. The van der Waals surface area contributed by atoms with Gasteiger partial charge in [-0.25, -0.2) is 4.79 Å². The number of rotatable bonds is 8. The van der Waals surface area contributed by atoms with E-state index in [1.54, 1.807) is 49.4 Å². The van der Waals surface area contributed by atoms with Crippen molar-refractivity contribution in [3.05, 3.63) is 93.0 Å². The maximum absolute atomic E-state index is 13.5. The summed E-state index contributed by atoms with van der Waals surface area (Å²) < 4.78 is 50.7. The molecule has 5 nitrogen and oxygen atoms in total. The molecule has 1 amide bonds. The van der Waals surface area contributed by atoms with Gasteiger partial charge in [-0.05, 0) is 71.1 Å². The number of nitrogens with zero attached hydrogens (tertiary/aromatic N) is 1. The lowest BCUT2D eigenvalue weighted by molar-refractivity contribution is -0.140. The summed E-state index contributed by atoms with van der Waals surface area (Å²) in [6.07, 6.45) is -5.32. The predicted molar refractivity (Wildman–Crippen MR) is 135 cm³/mol. The summed E-state index contributed by atoms with van der Waals surface area (Å²) in [5.74, 6) is -0.485. The number of ether oxygens (including phenoxy) is 2. The van der Waals surface area contributed by atoms with E-state index < -0.39 is 23.8 Å². The lowest BCUT2D eigenvalue weighted by atomic mass is 9.95. The molecule has 0 heterocycles. The van der Waals surface area contributed by atoms with Gasteiger partial charge in [0.15, 0.2) is 0 Å². The van der Waals surface area contributed by atoms with Crippen LogP contribution in [0.15, 0.2) is 60.7 Å². The van der Waals surface area contributed by atoms with Crippen LogP contribution >= 0.6 is 23.2 Å². The summed E-state index contributed by atoms with van der Waals surface area (Å²) >= 11 is 12.1. The number of alkyl halides is 3. The third kappa shape index (κ3) is 7.87. The monoisotopic (exact) mass is 553 g/mol. The van der Waals surface area contributed by atoms with Gasteiger partial charge in [-0.2, -0.15) is 13.2 Å². The Morgan fingerprint density at radius 2 is 1.62 bits per heavy atom. The van der Waals surface area contributed by atoms with Gasteiger partial charge in [-0.3, -0.25) is 4.79 Å². The van der Waals surface area contributed by atoms with Crippen LogP contribution in [0.25, 0.3) is 11.1 Å². The van der Waals surface area contributed by atoms with Crippen LogP contribution in [-0.2, 0) is 40.0 Å². The van der Waals surface area contributed by atoms with Crippen molar-refractivity contribution in [3.63, 3.8) is 0 Å². The maximum atomic E-state index is 13.5. The van der Waals surface area contributed by atoms with Crippen molar-refractivity contribution in [2.45, 2.75) is 32.7 Å². The Morgan fingerprint density at radius 3 is 2.24 bits per heavy atom. The fourth-order valence-electron chi connectivity index (χ4n) is 3.66. The van der Waals surface area contributed by atoms with Crippen LogP contribution in [0, 0.1) is 0 Å². The number of esters is 1. The normalized spacial score (nSPS) is 11.2. The summed E-state index contributed by atoms with van der Waals surface area (Å²) in [4.78, 5) is 25.8. The Hall–Kier alpha value is -3.23. The number of carbonyl (C=O) groups is 2. The summed E-state index contributed by atoms with van der Waals surface area (Å²) in [6.45, 7) is 1.73. The number of hydrogen-bond donors (Lipinski definition) is 0. The Morgan fingerprint density at radius 1 is 0.919 bits per heavy atom. The van der Waals surface area contributed by atoms with Crippen LogP contribution < -0.4 is 0 Å². The Labute approximate surface area is 222 Å². The van der Waals surface area contributed by atoms with Crippen LogP contribution in [0.5, 0.6) is 0 Å². The zero-order valence-corrected chi connectivity index (χ0v) is 21.6. The van der Waals surface area contributed by atoms with E-state index in [1.165, 1.54) is 18.1 Å². The van der Waals surface area contributed by atoms with Crippen LogP contribution in [0.4, 0.5) is 18.0 Å². The highest BCUT2D eigenvalue weighted by Crippen LogP contribution is 2.35. The highest BCUT2D eigenvalue weighted by Gasteiger charge is 2.31. The molecule has 37 heavy (non-hydrogen) atoms. The fraction of sp³-hybridized carbons (Fsp3) is 0.259. The number of hydrogen-bond acceptors (Lipinski definition) is 4. The number of amides is 1. The molecule has 0 saturated carbocycles. The number of halogens is 5. The molecule has 3 rings (SSSR count). The zero-order valence-electron chi connectivity index (χ0n) is 20.1. The fourth-order valence-corrected chi connectivity index (χ4v) is 4.04. The molecular weight excluding hydrogens is 530 g/mol. The first-order valence-corrected chi connectivity index (χ1v) is 12.0. The molecule has 3 aromatic carbocycles. The van der Waals surface area contributed by atoms with Gasteiger partial charge in [0.05, 0.1) is 19.1 Å². The van der Waals surface area contributed by atoms with E-state index in [0.29, 0.717) is 32.3 Å². The number of methoxy groups -OCH3 is 1. The Balaban J connectivity index is 1.93. The van der Waals surface area contributed by atoms with Crippen molar-refractivity contribution in [3.8, 4) is 11.1 Å². The first-order chi connectivity index (χ1) is 17.5. The molecule has 0 aromatic heterocycles. The molecular formula is C27H24Cl2F3NO4. The molecule has 0 unspecified atom stereocenters. The largest absolute Gasteiger partial charge is 0.469 e. The number of benzene rings is 3. The lowest BCUT2D eigenvalue weighted by Crippen LogP contribution is -2.31. The Kier molecular flexibility index (Phi) is 9.45. The quantitative estimate of drug-likeness (QED) is 0.270. The van der Waals surface area contributed by atoms with E-state index in [1.807, 2.05) is 0 Å². The summed E-state index contributed by atoms with van der Waals surface area (Å²) in [5, 5.41) is 0.843. The summed E-state index contributed by atoms with van der Waals surface area (Å²) in [7, 11) is 1.26. The van der Waals surface area contributed by atoms with E-state index in [4.69, 9.17) is 32.7 Å². The minimum Gasteiger partial charge on any atom is -0.469 e. The highest BCUT2D eigenvalue weighted by atomic mass is 35.5. The van der Waals surface area contributed by atoms with Gasteiger partial charge in [0, 0.05) is 23.1 Å². The summed E-state index contributed by atoms with van der Waals surface area (Å²) in [6, 6.07) is 14.9. The van der Waals surface area contributed by atoms with Gasteiger partial charge in [0.25, 0.3) is 0 Å². The molecule has 196 valence electrons. The first kappa shape index (κ1) is 28.3. The van der Waals surface area contributed by atoms with Crippen LogP contribution in [-0.4, -0.2) is 30.6 Å². The van der Waals surface area contributed by atoms with Gasteiger partial charge in [0.2, 0.25) is 0 Å². The van der Waals surface area contributed by atoms with Crippen molar-refractivity contribution < 1.29 is 32.2 Å². The second-order valence-electron chi connectivity index (χ2n) is 8.17. The molecule has 0 bridgehead atoms. The van der Waals surface area contributed by atoms with E-state index in [9.17, 15) is 22.8 Å². The van der Waals surface area contributed by atoms with Crippen LogP contribution in [0.3, 0.4) is 0 Å². The minimum absolute atomic E-state index is 0.0207. The average molecular weight is 554 g/mol. The van der Waals surface area contributed by atoms with Gasteiger partial charge in [-0.15, -0.1) is 0 Å². The molecule has 0 N–H and O–H groups in total. The molecule has 0 atom stereocenters. The molecule has 0 aliphatic rings. The van der Waals surface area contributed by atoms with Gasteiger partial charge >= 0.3 is 18.2 Å². The summed E-state index contributed by atoms with van der Waals surface area (Å²) in [5.41, 5.74) is 1.58. The molecule has 0 aliphatic carbocycles. The molecule has 0 radical (unpaired) electrons. The van der Waals surface area contributed by atoms with Crippen molar-refractivity contribution in [1.29, 1.82) is 0 Å². The minimum atomic E-state index is -4.58. The van der Waals surface area contributed by atoms with Crippen molar-refractivity contribution in [2.24, 2.45) is 0 Å². The van der Waals surface area contributed by atoms with Crippen molar-refractivity contribution in [1.82, 2.24) is 4.90 Å². The maximum Gasteiger partial charge on any atom is 0.416 e. The molecule has 0 aliphatic heterocycles. The Bertz CT molecular complexity index is 1260. The van der Waals surface area contributed by atoms with Crippen molar-refractivity contribution in [2.75, 3.05) is 13.7 Å². The SMILES string of the molecule is CCN(Cc1cc(C(F)(F)F)ccc1-c1cc(Cl)cc(CC(=O)OC)c1)C(=O)OCc1ccc(Cl)cc1. The van der Waals surface area contributed by atoms with Crippen molar-refractivity contribution >= 4 is 35.3 Å². The molecule has 0 saturated heterocycles. The topological polar surface area (TPSA) is 55.8 Å². The lowest BCUT2D eigenvalue weighted by Gasteiger charge is -2.23. The smallest absolute Gasteiger partial charge is 0.416 e. The molecule has 3 aromatic rings. The van der Waals surface area contributed by atoms with E-state index in [2.05, 4.69) is 0 Å². The second-order valence-corrected chi connectivity index (χ2v) is 9.04. The number of carbonyl (C=O) groups excluding carboxylic acids is 2. The molecule has 0 fully saturated rings. The van der Waals surface area contributed by atoms with Gasteiger partial charge in [-0.1, -0.05) is 47.5 Å². The van der Waals surface area contributed by atoms with Gasteiger partial charge < -0.3 is 14.4 Å². The third-order valence-corrected chi connectivity index (χ3v) is 6.02. The van der Waals surface area contributed by atoms with Crippen LogP contribution in [0.2, 0.25) is 10.0 Å². The first-order valence-electron chi connectivity index (χ1n) is 11.2. The second kappa shape index (κ2) is 12.3. The predicted octanol–water partition coefficient (Wildman–Crippen LogP) is 7.55. The highest BCUT2D eigenvalue weighted by molar-refractivity contribution is 6.31. The van der Waals surface area contributed by atoms with E-state index >= 15 is 0 Å². The third-order valence-electron chi connectivity index (χ3n) is 5.55. The standard InChI is InChI=1S/C27H24Cl2F3NO4/c1-3-33(26(35)37-16-17-4-7-22(28)8-5-17)15-20-13-21(27(30,31)32)6-9-24(20)19-10-18(11-23(29)14-19)12-25(34)36-2/h4-11,13-14H,3,12,15-16H2,1-2H3. The molecule has 0 spiro atoms. The zero-order chi connectivity index (χ0) is 27.2. The van der Waals surface area contributed by atoms with E-state index in [0.717, 1.165) is 12.1 Å². The molecule has 10 heteroatoms. The van der Waals surface area contributed by atoms with E-state index in [-0.39, 0.29) is 31.7 Å².